The summed E-state index contributed by atoms with van der Waals surface area (Å²) in [7, 11) is 0. The van der Waals surface area contributed by atoms with Crippen molar-refractivity contribution in [3.8, 4) is 0 Å². The molecule has 0 aliphatic rings. The van der Waals surface area contributed by atoms with Crippen LogP contribution in [0.15, 0.2) is 18.3 Å². The molecule has 0 bridgehead atoms. The molecule has 0 fully saturated rings. The molecule has 1 heterocycles. The van der Waals surface area contributed by atoms with Crippen molar-refractivity contribution in [2.45, 2.75) is 0 Å². The summed E-state index contributed by atoms with van der Waals surface area (Å²) in [5.74, 6) is 0.434. The molecule has 0 aromatic carbocycles. The SMILES string of the molecule is Nc1cc(N(CCO)CCO)ccn1. The first-order chi connectivity index (χ1) is 6.77. The minimum atomic E-state index is 0.0439. The van der Waals surface area contributed by atoms with Gasteiger partial charge in [0.1, 0.15) is 5.82 Å². The van der Waals surface area contributed by atoms with E-state index in [2.05, 4.69) is 4.98 Å². The predicted octanol–water partition coefficient (Wildman–Crippen LogP) is -0.545. The summed E-state index contributed by atoms with van der Waals surface area (Å²) in [5, 5.41) is 17.6. The number of aliphatic hydroxyl groups is 2. The fourth-order valence-electron chi connectivity index (χ4n) is 1.24. The smallest absolute Gasteiger partial charge is 0.125 e. The second-order valence-electron chi connectivity index (χ2n) is 2.87. The molecule has 0 saturated carbocycles. The van der Waals surface area contributed by atoms with Crippen molar-refractivity contribution < 1.29 is 10.2 Å². The van der Waals surface area contributed by atoms with E-state index in [1.807, 2.05) is 4.90 Å². The number of nitrogen functional groups attached to an aromatic ring is 1. The van der Waals surface area contributed by atoms with Gasteiger partial charge in [-0.1, -0.05) is 0 Å². The van der Waals surface area contributed by atoms with Crippen LogP contribution in [0, 0.1) is 0 Å². The van der Waals surface area contributed by atoms with Gasteiger partial charge in [0.2, 0.25) is 0 Å². The van der Waals surface area contributed by atoms with Crippen LogP contribution in [0.2, 0.25) is 0 Å². The highest BCUT2D eigenvalue weighted by Gasteiger charge is 2.04. The number of anilines is 2. The molecule has 0 saturated heterocycles. The monoisotopic (exact) mass is 197 g/mol. The molecule has 0 spiro atoms. The van der Waals surface area contributed by atoms with E-state index in [1.54, 1.807) is 18.3 Å². The molecule has 5 heteroatoms. The molecule has 4 N–H and O–H groups in total. The average Bonchev–Trinajstić information content (AvgIpc) is 2.17. The first-order valence-electron chi connectivity index (χ1n) is 4.46. The van der Waals surface area contributed by atoms with Gasteiger partial charge in [-0.3, -0.25) is 0 Å². The van der Waals surface area contributed by atoms with Crippen LogP contribution in [-0.4, -0.2) is 41.5 Å². The summed E-state index contributed by atoms with van der Waals surface area (Å²) in [6, 6.07) is 3.51. The van der Waals surface area contributed by atoms with Crippen LogP contribution in [0.4, 0.5) is 11.5 Å². The molecule has 0 atom stereocenters. The summed E-state index contributed by atoms with van der Waals surface area (Å²) < 4.78 is 0. The van der Waals surface area contributed by atoms with Crippen molar-refractivity contribution in [1.82, 2.24) is 4.98 Å². The minimum Gasteiger partial charge on any atom is -0.395 e. The zero-order chi connectivity index (χ0) is 10.4. The van der Waals surface area contributed by atoms with Crippen molar-refractivity contribution in [2.75, 3.05) is 36.9 Å². The van der Waals surface area contributed by atoms with Gasteiger partial charge in [0, 0.05) is 31.0 Å². The number of rotatable bonds is 5. The van der Waals surface area contributed by atoms with Gasteiger partial charge in [-0.25, -0.2) is 4.98 Å². The normalized spacial score (nSPS) is 10.1. The second kappa shape index (κ2) is 5.41. The Morgan fingerprint density at radius 3 is 2.43 bits per heavy atom. The van der Waals surface area contributed by atoms with Crippen molar-refractivity contribution in [3.63, 3.8) is 0 Å². The lowest BCUT2D eigenvalue weighted by Gasteiger charge is -2.22. The van der Waals surface area contributed by atoms with Crippen LogP contribution in [0.3, 0.4) is 0 Å². The molecular formula is C9H15N3O2. The van der Waals surface area contributed by atoms with Crippen LogP contribution in [0.25, 0.3) is 0 Å². The largest absolute Gasteiger partial charge is 0.395 e. The van der Waals surface area contributed by atoms with Gasteiger partial charge in [0.05, 0.1) is 13.2 Å². The van der Waals surface area contributed by atoms with E-state index < -0.39 is 0 Å². The quantitative estimate of drug-likeness (QED) is 0.590. The number of pyridine rings is 1. The summed E-state index contributed by atoms with van der Waals surface area (Å²) in [5.41, 5.74) is 6.39. The molecule has 0 aliphatic heterocycles. The van der Waals surface area contributed by atoms with E-state index in [0.717, 1.165) is 5.69 Å². The molecule has 14 heavy (non-hydrogen) atoms. The van der Waals surface area contributed by atoms with E-state index >= 15 is 0 Å². The molecule has 78 valence electrons. The number of nitrogens with two attached hydrogens (primary N) is 1. The van der Waals surface area contributed by atoms with Crippen molar-refractivity contribution in [2.24, 2.45) is 0 Å². The third kappa shape index (κ3) is 2.86. The van der Waals surface area contributed by atoms with Gasteiger partial charge in [0.25, 0.3) is 0 Å². The molecule has 0 amide bonds. The lowest BCUT2D eigenvalue weighted by molar-refractivity contribution is 0.281. The Labute approximate surface area is 82.8 Å². The van der Waals surface area contributed by atoms with E-state index in [9.17, 15) is 0 Å². The minimum absolute atomic E-state index is 0.0439. The second-order valence-corrected chi connectivity index (χ2v) is 2.87. The zero-order valence-electron chi connectivity index (χ0n) is 7.93. The van der Waals surface area contributed by atoms with Crippen LogP contribution in [-0.2, 0) is 0 Å². The molecule has 1 aromatic rings. The maximum absolute atomic E-state index is 8.82. The first kappa shape index (κ1) is 10.7. The van der Waals surface area contributed by atoms with Crippen LogP contribution >= 0.6 is 0 Å². The highest BCUT2D eigenvalue weighted by molar-refractivity contribution is 5.51. The molecule has 0 radical (unpaired) electrons. The van der Waals surface area contributed by atoms with Crippen LogP contribution in [0.1, 0.15) is 0 Å². The van der Waals surface area contributed by atoms with E-state index in [4.69, 9.17) is 15.9 Å². The maximum atomic E-state index is 8.82. The Kier molecular flexibility index (Phi) is 4.15. The summed E-state index contributed by atoms with van der Waals surface area (Å²) in [6.45, 7) is 1.04. The maximum Gasteiger partial charge on any atom is 0.125 e. The molecule has 0 unspecified atom stereocenters. The van der Waals surface area contributed by atoms with Crippen molar-refractivity contribution in [1.29, 1.82) is 0 Å². The number of hydrogen-bond donors (Lipinski definition) is 3. The van der Waals surface area contributed by atoms with Gasteiger partial charge in [0.15, 0.2) is 0 Å². The van der Waals surface area contributed by atoms with Crippen LogP contribution in [0.5, 0.6) is 0 Å². The fourth-order valence-corrected chi connectivity index (χ4v) is 1.24. The van der Waals surface area contributed by atoms with Gasteiger partial charge in [-0.05, 0) is 6.07 Å². The number of hydrogen-bond acceptors (Lipinski definition) is 5. The van der Waals surface area contributed by atoms with Gasteiger partial charge >= 0.3 is 0 Å². The van der Waals surface area contributed by atoms with Crippen molar-refractivity contribution >= 4 is 11.5 Å². The third-order valence-electron chi connectivity index (χ3n) is 1.87. The first-order valence-corrected chi connectivity index (χ1v) is 4.46. The van der Waals surface area contributed by atoms with Crippen LogP contribution < -0.4 is 10.6 Å². The highest BCUT2D eigenvalue weighted by Crippen LogP contribution is 2.14. The highest BCUT2D eigenvalue weighted by atomic mass is 16.3. The number of nitrogens with zero attached hydrogens (tertiary/aromatic N) is 2. The van der Waals surface area contributed by atoms with Gasteiger partial charge in [-0.2, -0.15) is 0 Å². The Balaban J connectivity index is 2.75. The Bertz CT molecular complexity index is 275. The summed E-state index contributed by atoms with van der Waals surface area (Å²) in [4.78, 5) is 5.71. The fraction of sp³-hybridized carbons (Fsp3) is 0.444. The Hall–Kier alpha value is -1.33. The van der Waals surface area contributed by atoms with Gasteiger partial charge in [-0.15, -0.1) is 0 Å². The average molecular weight is 197 g/mol. The molecule has 5 nitrogen and oxygen atoms in total. The summed E-state index contributed by atoms with van der Waals surface area (Å²) in [6.07, 6.45) is 1.60. The molecule has 1 aromatic heterocycles. The topological polar surface area (TPSA) is 82.6 Å². The number of aliphatic hydroxyl groups excluding tert-OH is 2. The van der Waals surface area contributed by atoms with E-state index in [-0.39, 0.29) is 13.2 Å². The van der Waals surface area contributed by atoms with E-state index in [1.165, 1.54) is 0 Å². The number of aromatic nitrogens is 1. The van der Waals surface area contributed by atoms with E-state index in [0.29, 0.717) is 18.9 Å². The lowest BCUT2D eigenvalue weighted by Crippen LogP contribution is -2.29. The molecule has 0 aliphatic carbocycles. The third-order valence-corrected chi connectivity index (χ3v) is 1.87. The Morgan fingerprint density at radius 1 is 1.29 bits per heavy atom. The lowest BCUT2D eigenvalue weighted by atomic mass is 10.3. The Morgan fingerprint density at radius 2 is 1.93 bits per heavy atom. The predicted molar refractivity (Wildman–Crippen MR) is 55.0 cm³/mol. The van der Waals surface area contributed by atoms with Gasteiger partial charge < -0.3 is 20.8 Å². The zero-order valence-corrected chi connectivity index (χ0v) is 7.93. The van der Waals surface area contributed by atoms with Crippen molar-refractivity contribution in [3.05, 3.63) is 18.3 Å². The molecular weight excluding hydrogens is 182 g/mol. The molecule has 1 rings (SSSR count). The summed E-state index contributed by atoms with van der Waals surface area (Å²) >= 11 is 0. The standard InChI is InChI=1S/C9H15N3O2/c10-9-7-8(1-2-11-9)12(3-5-13)4-6-14/h1-2,7,13-14H,3-6H2,(H2,10,11).